The highest BCUT2D eigenvalue weighted by Gasteiger charge is 2.09. The SMILES string of the molecule is CC(C)N(CCCON)Cc1ccccc1. The first-order valence-corrected chi connectivity index (χ1v) is 5.83. The molecular weight excluding hydrogens is 200 g/mol. The number of nitrogens with zero attached hydrogens (tertiary/aromatic N) is 1. The number of hydrogen-bond acceptors (Lipinski definition) is 3. The second-order valence-corrected chi connectivity index (χ2v) is 4.27. The van der Waals surface area contributed by atoms with E-state index < -0.39 is 0 Å². The van der Waals surface area contributed by atoms with Gasteiger partial charge in [0.1, 0.15) is 0 Å². The van der Waals surface area contributed by atoms with Crippen molar-refractivity contribution in [1.29, 1.82) is 0 Å². The summed E-state index contributed by atoms with van der Waals surface area (Å²) in [5.41, 5.74) is 1.35. The molecule has 1 rings (SSSR count). The van der Waals surface area contributed by atoms with Crippen LogP contribution in [0.2, 0.25) is 0 Å². The third-order valence-corrected chi connectivity index (χ3v) is 2.67. The molecule has 0 unspecified atom stereocenters. The molecule has 0 aliphatic rings. The quantitative estimate of drug-likeness (QED) is 0.567. The zero-order valence-electron chi connectivity index (χ0n) is 10.2. The minimum absolute atomic E-state index is 0.540. The van der Waals surface area contributed by atoms with Gasteiger partial charge in [0.05, 0.1) is 6.61 Å². The Kier molecular flexibility index (Phi) is 6.08. The van der Waals surface area contributed by atoms with Crippen LogP contribution < -0.4 is 5.90 Å². The second kappa shape index (κ2) is 7.39. The van der Waals surface area contributed by atoms with Crippen LogP contribution in [0.5, 0.6) is 0 Å². The maximum atomic E-state index is 5.02. The summed E-state index contributed by atoms with van der Waals surface area (Å²) in [6, 6.07) is 11.1. The first-order chi connectivity index (χ1) is 7.74. The van der Waals surface area contributed by atoms with Gasteiger partial charge in [-0.15, -0.1) is 0 Å². The van der Waals surface area contributed by atoms with Gasteiger partial charge in [0.2, 0.25) is 0 Å². The fourth-order valence-electron chi connectivity index (χ4n) is 1.69. The van der Waals surface area contributed by atoms with Crippen LogP contribution in [0.1, 0.15) is 25.8 Å². The van der Waals surface area contributed by atoms with Crippen molar-refractivity contribution in [2.45, 2.75) is 32.9 Å². The summed E-state index contributed by atoms with van der Waals surface area (Å²) in [5.74, 6) is 5.02. The van der Waals surface area contributed by atoms with Gasteiger partial charge in [-0.1, -0.05) is 30.3 Å². The Morgan fingerprint density at radius 2 is 1.94 bits per heavy atom. The molecule has 90 valence electrons. The highest BCUT2D eigenvalue weighted by atomic mass is 16.6. The Bertz CT molecular complexity index is 275. The van der Waals surface area contributed by atoms with Crippen LogP contribution in [0.15, 0.2) is 30.3 Å². The molecular formula is C13H22N2O. The van der Waals surface area contributed by atoms with Crippen molar-refractivity contribution >= 4 is 0 Å². The summed E-state index contributed by atoms with van der Waals surface area (Å²) in [6.45, 7) is 7.06. The van der Waals surface area contributed by atoms with Crippen LogP contribution in [0.3, 0.4) is 0 Å². The molecule has 0 saturated carbocycles. The van der Waals surface area contributed by atoms with Crippen molar-refractivity contribution in [2.24, 2.45) is 5.90 Å². The molecule has 2 N–H and O–H groups in total. The van der Waals surface area contributed by atoms with Gasteiger partial charge in [0.15, 0.2) is 0 Å². The molecule has 0 aromatic heterocycles. The highest BCUT2D eigenvalue weighted by Crippen LogP contribution is 2.08. The maximum Gasteiger partial charge on any atom is 0.0691 e. The predicted octanol–water partition coefficient (Wildman–Crippen LogP) is 2.18. The Morgan fingerprint density at radius 1 is 1.25 bits per heavy atom. The lowest BCUT2D eigenvalue weighted by Gasteiger charge is -2.26. The summed E-state index contributed by atoms with van der Waals surface area (Å²) < 4.78 is 0. The van der Waals surface area contributed by atoms with Gasteiger partial charge in [0, 0.05) is 19.1 Å². The van der Waals surface area contributed by atoms with E-state index in [1.54, 1.807) is 0 Å². The Hall–Kier alpha value is -0.900. The lowest BCUT2D eigenvalue weighted by Crippen LogP contribution is -2.32. The Labute approximate surface area is 98.2 Å². The molecule has 1 aromatic carbocycles. The predicted molar refractivity (Wildman–Crippen MR) is 66.7 cm³/mol. The van der Waals surface area contributed by atoms with E-state index >= 15 is 0 Å². The molecule has 0 amide bonds. The van der Waals surface area contributed by atoms with E-state index in [2.05, 4.69) is 47.9 Å². The normalized spacial score (nSPS) is 11.3. The summed E-state index contributed by atoms with van der Waals surface area (Å²) in [4.78, 5) is 7.02. The summed E-state index contributed by atoms with van der Waals surface area (Å²) >= 11 is 0. The molecule has 3 nitrogen and oxygen atoms in total. The molecule has 1 aromatic rings. The third kappa shape index (κ3) is 4.75. The smallest absolute Gasteiger partial charge is 0.0691 e. The lowest BCUT2D eigenvalue weighted by atomic mass is 10.2. The van der Waals surface area contributed by atoms with Crippen LogP contribution in [0.4, 0.5) is 0 Å². The molecule has 0 radical (unpaired) electrons. The van der Waals surface area contributed by atoms with E-state index in [9.17, 15) is 0 Å². The van der Waals surface area contributed by atoms with E-state index in [1.807, 2.05) is 6.07 Å². The number of hydrogen-bond donors (Lipinski definition) is 1. The molecule has 0 aliphatic heterocycles. The molecule has 0 aliphatic carbocycles. The van der Waals surface area contributed by atoms with Crippen molar-refractivity contribution in [3.8, 4) is 0 Å². The molecule has 0 fully saturated rings. The van der Waals surface area contributed by atoms with E-state index in [0.29, 0.717) is 12.6 Å². The number of nitrogens with two attached hydrogens (primary N) is 1. The van der Waals surface area contributed by atoms with Gasteiger partial charge in [0.25, 0.3) is 0 Å². The largest absolute Gasteiger partial charge is 0.305 e. The van der Waals surface area contributed by atoms with Crippen molar-refractivity contribution in [3.05, 3.63) is 35.9 Å². The Morgan fingerprint density at radius 3 is 2.50 bits per heavy atom. The highest BCUT2D eigenvalue weighted by molar-refractivity contribution is 5.14. The third-order valence-electron chi connectivity index (χ3n) is 2.67. The first kappa shape index (κ1) is 13.2. The van der Waals surface area contributed by atoms with Crippen molar-refractivity contribution in [2.75, 3.05) is 13.2 Å². The van der Waals surface area contributed by atoms with Crippen LogP contribution in [-0.2, 0) is 11.4 Å². The van der Waals surface area contributed by atoms with Gasteiger partial charge in [-0.25, -0.2) is 5.90 Å². The summed E-state index contributed by atoms with van der Waals surface area (Å²) in [7, 11) is 0. The maximum absolute atomic E-state index is 5.02. The minimum atomic E-state index is 0.540. The fourth-order valence-corrected chi connectivity index (χ4v) is 1.69. The summed E-state index contributed by atoms with van der Waals surface area (Å²) in [6.07, 6.45) is 0.974. The average Bonchev–Trinajstić information content (AvgIpc) is 2.29. The number of benzene rings is 1. The number of rotatable bonds is 7. The van der Waals surface area contributed by atoms with Crippen molar-refractivity contribution in [3.63, 3.8) is 0 Å². The molecule has 0 bridgehead atoms. The topological polar surface area (TPSA) is 38.5 Å². The zero-order chi connectivity index (χ0) is 11.8. The van der Waals surface area contributed by atoms with Gasteiger partial charge >= 0.3 is 0 Å². The van der Waals surface area contributed by atoms with E-state index in [1.165, 1.54) is 5.56 Å². The van der Waals surface area contributed by atoms with Crippen LogP contribution in [0, 0.1) is 0 Å². The van der Waals surface area contributed by atoms with Crippen molar-refractivity contribution in [1.82, 2.24) is 4.90 Å². The lowest BCUT2D eigenvalue weighted by molar-refractivity contribution is 0.115. The molecule has 0 atom stereocenters. The monoisotopic (exact) mass is 222 g/mol. The van der Waals surface area contributed by atoms with Crippen LogP contribution in [-0.4, -0.2) is 24.1 Å². The van der Waals surface area contributed by atoms with Gasteiger partial charge in [-0.3, -0.25) is 4.90 Å². The minimum Gasteiger partial charge on any atom is -0.305 e. The molecule has 0 heterocycles. The van der Waals surface area contributed by atoms with E-state index in [-0.39, 0.29) is 0 Å². The first-order valence-electron chi connectivity index (χ1n) is 5.83. The van der Waals surface area contributed by atoms with Crippen molar-refractivity contribution < 1.29 is 4.84 Å². The van der Waals surface area contributed by atoms with E-state index in [4.69, 9.17) is 5.90 Å². The molecule has 0 saturated heterocycles. The standard InChI is InChI=1S/C13H22N2O/c1-12(2)15(9-6-10-16-14)11-13-7-4-3-5-8-13/h3-5,7-8,12H,6,9-11,14H2,1-2H3. The second-order valence-electron chi connectivity index (χ2n) is 4.27. The van der Waals surface area contributed by atoms with Gasteiger partial charge in [-0.2, -0.15) is 0 Å². The van der Waals surface area contributed by atoms with E-state index in [0.717, 1.165) is 19.5 Å². The van der Waals surface area contributed by atoms with Gasteiger partial charge in [-0.05, 0) is 25.8 Å². The molecule has 3 heteroatoms. The average molecular weight is 222 g/mol. The molecule has 16 heavy (non-hydrogen) atoms. The summed E-state index contributed by atoms with van der Waals surface area (Å²) in [5, 5.41) is 0. The zero-order valence-corrected chi connectivity index (χ0v) is 10.2. The van der Waals surface area contributed by atoms with Crippen LogP contribution in [0.25, 0.3) is 0 Å². The Balaban J connectivity index is 2.45. The van der Waals surface area contributed by atoms with Crippen LogP contribution >= 0.6 is 0 Å². The molecule has 0 spiro atoms. The fraction of sp³-hybridized carbons (Fsp3) is 0.538. The van der Waals surface area contributed by atoms with Gasteiger partial charge < -0.3 is 4.84 Å².